The largest absolute Gasteiger partial charge is 0.469 e. The van der Waals surface area contributed by atoms with Crippen LogP contribution in [0.4, 0.5) is 0 Å². The minimum atomic E-state index is -3.30. The summed E-state index contributed by atoms with van der Waals surface area (Å²) in [7, 11) is -2.00. The molecule has 0 saturated heterocycles. The Morgan fingerprint density at radius 2 is 1.89 bits per heavy atom. The predicted octanol–water partition coefficient (Wildman–Crippen LogP) is 1.58. The topological polar surface area (TPSA) is 72.5 Å². The minimum absolute atomic E-state index is 0.0162. The maximum Gasteiger partial charge on any atom is 0.305 e. The number of nitrogens with one attached hydrogen (secondary N) is 1. The quantitative estimate of drug-likeness (QED) is 0.748. The number of carbonyl (C=O) groups is 1. The van der Waals surface area contributed by atoms with E-state index in [0.717, 1.165) is 25.7 Å². The summed E-state index contributed by atoms with van der Waals surface area (Å²) < 4.78 is 31.1. The smallest absolute Gasteiger partial charge is 0.305 e. The van der Waals surface area contributed by atoms with Gasteiger partial charge in [-0.2, -0.15) is 0 Å². The summed E-state index contributed by atoms with van der Waals surface area (Å²) in [6.45, 7) is 1.96. The van der Waals surface area contributed by atoms with Gasteiger partial charge < -0.3 is 4.74 Å². The molecule has 0 bridgehead atoms. The van der Waals surface area contributed by atoms with E-state index < -0.39 is 10.0 Å². The molecule has 1 fully saturated rings. The van der Waals surface area contributed by atoms with E-state index in [-0.39, 0.29) is 23.7 Å². The lowest BCUT2D eigenvalue weighted by Gasteiger charge is -2.34. The summed E-state index contributed by atoms with van der Waals surface area (Å²) in [5, 5.41) is 0. The van der Waals surface area contributed by atoms with Gasteiger partial charge in [-0.15, -0.1) is 0 Å². The first kappa shape index (κ1) is 15.4. The molecule has 0 atom stereocenters. The standard InChI is InChI=1S/C12H23NO4S/c1-12(8-4-3-5-9-12)13-18(15,16)10-6-7-11(14)17-2/h13H,3-10H2,1-2H3. The van der Waals surface area contributed by atoms with Crippen LogP contribution >= 0.6 is 0 Å². The van der Waals surface area contributed by atoms with Crippen molar-refractivity contribution in [2.24, 2.45) is 0 Å². The first-order chi connectivity index (χ1) is 8.37. The second-order valence-corrected chi connectivity index (χ2v) is 7.06. The van der Waals surface area contributed by atoms with E-state index in [1.54, 1.807) is 0 Å². The molecule has 0 aliphatic heterocycles. The van der Waals surface area contributed by atoms with E-state index in [1.165, 1.54) is 13.5 Å². The monoisotopic (exact) mass is 277 g/mol. The Kier molecular flexibility index (Phi) is 5.59. The molecule has 0 amide bonds. The average Bonchev–Trinajstić information content (AvgIpc) is 2.27. The first-order valence-electron chi connectivity index (χ1n) is 6.45. The minimum Gasteiger partial charge on any atom is -0.469 e. The third-order valence-corrected chi connectivity index (χ3v) is 5.01. The summed E-state index contributed by atoms with van der Waals surface area (Å²) in [5.74, 6) is -0.383. The van der Waals surface area contributed by atoms with E-state index in [1.807, 2.05) is 6.92 Å². The summed E-state index contributed by atoms with van der Waals surface area (Å²) in [5.41, 5.74) is -0.303. The zero-order valence-electron chi connectivity index (χ0n) is 11.2. The number of rotatable bonds is 6. The van der Waals surface area contributed by atoms with Crippen LogP contribution in [0.15, 0.2) is 0 Å². The van der Waals surface area contributed by atoms with Crippen molar-refractivity contribution in [1.29, 1.82) is 0 Å². The van der Waals surface area contributed by atoms with Gasteiger partial charge >= 0.3 is 5.97 Å². The summed E-state index contributed by atoms with van der Waals surface area (Å²) >= 11 is 0. The summed E-state index contributed by atoms with van der Waals surface area (Å²) in [6, 6.07) is 0. The van der Waals surface area contributed by atoms with Gasteiger partial charge in [0.1, 0.15) is 0 Å². The lowest BCUT2D eigenvalue weighted by atomic mass is 9.84. The van der Waals surface area contributed by atoms with Gasteiger partial charge in [0, 0.05) is 12.0 Å². The number of carbonyl (C=O) groups excluding carboxylic acids is 1. The molecule has 1 saturated carbocycles. The molecule has 5 nitrogen and oxygen atoms in total. The molecule has 1 aliphatic rings. The van der Waals surface area contributed by atoms with Crippen LogP contribution in [0.5, 0.6) is 0 Å². The van der Waals surface area contributed by atoms with E-state index in [0.29, 0.717) is 6.42 Å². The van der Waals surface area contributed by atoms with Gasteiger partial charge in [-0.1, -0.05) is 19.3 Å². The highest BCUT2D eigenvalue weighted by Crippen LogP contribution is 2.28. The van der Waals surface area contributed by atoms with Crippen LogP contribution in [-0.2, 0) is 19.6 Å². The van der Waals surface area contributed by atoms with E-state index >= 15 is 0 Å². The van der Waals surface area contributed by atoms with Gasteiger partial charge in [-0.3, -0.25) is 4.79 Å². The highest BCUT2D eigenvalue weighted by Gasteiger charge is 2.30. The molecule has 0 spiro atoms. The number of sulfonamides is 1. The molecule has 0 unspecified atom stereocenters. The second-order valence-electron chi connectivity index (χ2n) is 5.22. The van der Waals surface area contributed by atoms with E-state index in [2.05, 4.69) is 9.46 Å². The van der Waals surface area contributed by atoms with Crippen LogP contribution in [0.3, 0.4) is 0 Å². The van der Waals surface area contributed by atoms with Crippen molar-refractivity contribution < 1.29 is 17.9 Å². The first-order valence-corrected chi connectivity index (χ1v) is 8.11. The van der Waals surface area contributed by atoms with Crippen LogP contribution < -0.4 is 4.72 Å². The Bertz CT molecular complexity index is 372. The average molecular weight is 277 g/mol. The van der Waals surface area contributed by atoms with Crippen molar-refractivity contribution in [3.8, 4) is 0 Å². The zero-order valence-corrected chi connectivity index (χ0v) is 12.0. The SMILES string of the molecule is COC(=O)CCCS(=O)(=O)NC1(C)CCCCC1. The van der Waals surface area contributed by atoms with Crippen LogP contribution in [0.25, 0.3) is 0 Å². The molecular weight excluding hydrogens is 254 g/mol. The molecule has 18 heavy (non-hydrogen) atoms. The third-order valence-electron chi connectivity index (χ3n) is 3.38. The van der Waals surface area contributed by atoms with Gasteiger partial charge in [0.05, 0.1) is 12.9 Å². The van der Waals surface area contributed by atoms with Crippen molar-refractivity contribution >= 4 is 16.0 Å². The molecule has 1 N–H and O–H groups in total. The van der Waals surface area contributed by atoms with Crippen LogP contribution in [0, 0.1) is 0 Å². The number of hydrogen-bond donors (Lipinski definition) is 1. The molecule has 6 heteroatoms. The molecule has 106 valence electrons. The molecule has 0 aromatic heterocycles. The highest BCUT2D eigenvalue weighted by molar-refractivity contribution is 7.89. The molecule has 1 rings (SSSR count). The molecule has 0 aromatic carbocycles. The van der Waals surface area contributed by atoms with Gasteiger partial charge in [0.25, 0.3) is 0 Å². The third kappa shape index (κ3) is 5.35. The van der Waals surface area contributed by atoms with Crippen molar-refractivity contribution in [3.05, 3.63) is 0 Å². The van der Waals surface area contributed by atoms with Gasteiger partial charge in [0.15, 0.2) is 0 Å². The van der Waals surface area contributed by atoms with Crippen molar-refractivity contribution in [2.45, 2.75) is 57.4 Å². The predicted molar refractivity (Wildman–Crippen MR) is 69.7 cm³/mol. The number of hydrogen-bond acceptors (Lipinski definition) is 4. The number of methoxy groups -OCH3 is 1. The Balaban J connectivity index is 2.41. The Labute approximate surface area is 109 Å². The fourth-order valence-electron chi connectivity index (χ4n) is 2.37. The van der Waals surface area contributed by atoms with Crippen LogP contribution in [0.1, 0.15) is 51.9 Å². The molecule has 0 heterocycles. The Hall–Kier alpha value is -0.620. The summed E-state index contributed by atoms with van der Waals surface area (Å²) in [4.78, 5) is 10.9. The maximum absolute atomic E-state index is 11.9. The van der Waals surface area contributed by atoms with E-state index in [9.17, 15) is 13.2 Å². The van der Waals surface area contributed by atoms with Crippen LogP contribution in [0.2, 0.25) is 0 Å². The second kappa shape index (κ2) is 6.52. The maximum atomic E-state index is 11.9. The zero-order chi connectivity index (χ0) is 13.6. The van der Waals surface area contributed by atoms with Crippen molar-refractivity contribution in [3.63, 3.8) is 0 Å². The lowest BCUT2D eigenvalue weighted by molar-refractivity contribution is -0.140. The Morgan fingerprint density at radius 1 is 1.28 bits per heavy atom. The highest BCUT2D eigenvalue weighted by atomic mass is 32.2. The molecule has 1 aliphatic carbocycles. The fraction of sp³-hybridized carbons (Fsp3) is 0.917. The summed E-state index contributed by atoms with van der Waals surface area (Å²) in [6.07, 6.45) is 5.56. The molecule has 0 aromatic rings. The fourth-order valence-corrected chi connectivity index (χ4v) is 3.95. The number of esters is 1. The molecule has 0 radical (unpaired) electrons. The van der Waals surface area contributed by atoms with Crippen LogP contribution in [-0.4, -0.2) is 32.8 Å². The number of ether oxygens (including phenoxy) is 1. The van der Waals surface area contributed by atoms with Crippen molar-refractivity contribution in [2.75, 3.05) is 12.9 Å². The van der Waals surface area contributed by atoms with Gasteiger partial charge in [-0.25, -0.2) is 13.1 Å². The molecular formula is C12H23NO4S. The normalized spacial score (nSPS) is 19.4. The van der Waals surface area contributed by atoms with Crippen molar-refractivity contribution in [1.82, 2.24) is 4.72 Å². The van der Waals surface area contributed by atoms with Gasteiger partial charge in [-0.05, 0) is 26.2 Å². The van der Waals surface area contributed by atoms with E-state index in [4.69, 9.17) is 0 Å². The van der Waals surface area contributed by atoms with Gasteiger partial charge in [0.2, 0.25) is 10.0 Å². The Morgan fingerprint density at radius 3 is 2.44 bits per heavy atom. The lowest BCUT2D eigenvalue weighted by Crippen LogP contribution is -2.47.